The average molecular weight is 270 g/mol. The first-order valence-electron chi connectivity index (χ1n) is 7.88. The van der Waals surface area contributed by atoms with Crippen LogP contribution < -0.4 is 5.32 Å². The molecule has 20 heavy (non-hydrogen) atoms. The number of aromatic nitrogens is 1. The van der Waals surface area contributed by atoms with Crippen molar-refractivity contribution in [2.45, 2.75) is 51.5 Å². The van der Waals surface area contributed by atoms with Gasteiger partial charge in [0.1, 0.15) is 0 Å². The fraction of sp³-hybridized carbons (Fsp3) is 0.500. The quantitative estimate of drug-likeness (QED) is 0.693. The van der Waals surface area contributed by atoms with Crippen molar-refractivity contribution in [2.75, 3.05) is 7.05 Å². The average Bonchev–Trinajstić information content (AvgIpc) is 2.50. The van der Waals surface area contributed by atoms with Crippen LogP contribution in [0.2, 0.25) is 0 Å². The molecule has 0 aliphatic carbocycles. The van der Waals surface area contributed by atoms with E-state index in [1.165, 1.54) is 49.6 Å². The van der Waals surface area contributed by atoms with Gasteiger partial charge in [0.05, 0.1) is 11.2 Å². The van der Waals surface area contributed by atoms with Crippen LogP contribution in [0.15, 0.2) is 36.4 Å². The normalized spacial score (nSPS) is 12.7. The minimum atomic E-state index is 0.376. The van der Waals surface area contributed by atoms with E-state index in [-0.39, 0.29) is 0 Å². The third-order valence-corrected chi connectivity index (χ3v) is 3.92. The maximum atomic E-state index is 4.80. The predicted octanol–water partition coefficient (Wildman–Crippen LogP) is 4.86. The zero-order chi connectivity index (χ0) is 14.2. The Morgan fingerprint density at radius 3 is 2.60 bits per heavy atom. The lowest BCUT2D eigenvalue weighted by Crippen LogP contribution is -2.17. The molecule has 0 amide bonds. The summed E-state index contributed by atoms with van der Waals surface area (Å²) >= 11 is 0. The van der Waals surface area contributed by atoms with E-state index in [2.05, 4.69) is 48.6 Å². The summed E-state index contributed by atoms with van der Waals surface area (Å²) in [7, 11) is 2.04. The minimum Gasteiger partial charge on any atom is -0.312 e. The van der Waals surface area contributed by atoms with Gasteiger partial charge in [-0.25, -0.2) is 0 Å². The molecule has 2 rings (SSSR count). The van der Waals surface area contributed by atoms with Gasteiger partial charge in [0.15, 0.2) is 0 Å². The zero-order valence-electron chi connectivity index (χ0n) is 12.7. The van der Waals surface area contributed by atoms with E-state index in [1.807, 2.05) is 7.05 Å². The summed E-state index contributed by atoms with van der Waals surface area (Å²) in [6.07, 6.45) is 7.81. The van der Waals surface area contributed by atoms with Gasteiger partial charge in [0.2, 0.25) is 0 Å². The first-order chi connectivity index (χ1) is 9.85. The van der Waals surface area contributed by atoms with Crippen LogP contribution >= 0.6 is 0 Å². The second kappa shape index (κ2) is 8.01. The van der Waals surface area contributed by atoms with Crippen LogP contribution in [0.5, 0.6) is 0 Å². The summed E-state index contributed by atoms with van der Waals surface area (Å²) in [5.74, 6) is 0. The monoisotopic (exact) mass is 270 g/mol. The number of nitrogens with zero attached hydrogens (tertiary/aromatic N) is 1. The van der Waals surface area contributed by atoms with E-state index in [0.29, 0.717) is 6.04 Å². The molecule has 0 spiro atoms. The molecule has 108 valence electrons. The van der Waals surface area contributed by atoms with Crippen LogP contribution in [0.25, 0.3) is 10.9 Å². The molecule has 0 saturated heterocycles. The van der Waals surface area contributed by atoms with Gasteiger partial charge < -0.3 is 5.32 Å². The van der Waals surface area contributed by atoms with Crippen molar-refractivity contribution in [2.24, 2.45) is 0 Å². The van der Waals surface area contributed by atoms with Crippen LogP contribution in [-0.2, 0) is 0 Å². The van der Waals surface area contributed by atoms with Crippen LogP contribution in [0, 0.1) is 0 Å². The summed E-state index contributed by atoms with van der Waals surface area (Å²) in [5.41, 5.74) is 2.26. The molecular formula is C18H26N2. The Morgan fingerprint density at radius 2 is 1.80 bits per heavy atom. The van der Waals surface area contributed by atoms with Crippen molar-refractivity contribution in [3.63, 3.8) is 0 Å². The standard InChI is InChI=1S/C18H26N2/c1-3-4-5-6-7-12-17(19-2)18-14-13-15-10-8-9-11-16(15)20-18/h8-11,13-14,17,19H,3-7,12H2,1-2H3. The molecule has 0 bridgehead atoms. The van der Waals surface area contributed by atoms with Gasteiger partial charge in [0.25, 0.3) is 0 Å². The first kappa shape index (κ1) is 15.0. The van der Waals surface area contributed by atoms with Crippen molar-refractivity contribution in [3.05, 3.63) is 42.1 Å². The van der Waals surface area contributed by atoms with Crippen LogP contribution in [-0.4, -0.2) is 12.0 Å². The number of nitrogens with one attached hydrogen (secondary N) is 1. The highest BCUT2D eigenvalue weighted by atomic mass is 14.9. The van der Waals surface area contributed by atoms with E-state index in [0.717, 1.165) is 5.52 Å². The third-order valence-electron chi connectivity index (χ3n) is 3.92. The molecule has 0 fully saturated rings. The number of benzene rings is 1. The largest absolute Gasteiger partial charge is 0.312 e. The highest BCUT2D eigenvalue weighted by Crippen LogP contribution is 2.21. The number of hydrogen-bond acceptors (Lipinski definition) is 2. The number of unbranched alkanes of at least 4 members (excludes halogenated alkanes) is 4. The molecule has 0 saturated carbocycles. The Balaban J connectivity index is 1.98. The van der Waals surface area contributed by atoms with E-state index in [9.17, 15) is 0 Å². The third kappa shape index (κ3) is 4.04. The Morgan fingerprint density at radius 1 is 1.00 bits per heavy atom. The molecule has 1 unspecified atom stereocenters. The fourth-order valence-corrected chi connectivity index (χ4v) is 2.67. The van der Waals surface area contributed by atoms with Gasteiger partial charge in [-0.2, -0.15) is 0 Å². The second-order valence-electron chi connectivity index (χ2n) is 5.47. The molecule has 1 N–H and O–H groups in total. The van der Waals surface area contributed by atoms with E-state index >= 15 is 0 Å². The van der Waals surface area contributed by atoms with Gasteiger partial charge in [-0.05, 0) is 25.6 Å². The predicted molar refractivity (Wildman–Crippen MR) is 86.9 cm³/mol. The van der Waals surface area contributed by atoms with Crippen molar-refractivity contribution >= 4 is 10.9 Å². The molecule has 2 heteroatoms. The molecule has 0 aliphatic rings. The van der Waals surface area contributed by atoms with Crippen molar-refractivity contribution < 1.29 is 0 Å². The Kier molecular flexibility index (Phi) is 6.00. The summed E-state index contributed by atoms with van der Waals surface area (Å²) < 4.78 is 0. The van der Waals surface area contributed by atoms with Gasteiger partial charge in [0, 0.05) is 11.4 Å². The molecule has 1 atom stereocenters. The smallest absolute Gasteiger partial charge is 0.0706 e. The van der Waals surface area contributed by atoms with Gasteiger partial charge in [-0.1, -0.05) is 63.3 Å². The Bertz CT molecular complexity index is 522. The fourth-order valence-electron chi connectivity index (χ4n) is 2.67. The van der Waals surface area contributed by atoms with Gasteiger partial charge in [-0.3, -0.25) is 4.98 Å². The molecule has 0 aliphatic heterocycles. The maximum Gasteiger partial charge on any atom is 0.0706 e. The maximum absolute atomic E-state index is 4.80. The molecule has 2 nitrogen and oxygen atoms in total. The molecular weight excluding hydrogens is 244 g/mol. The summed E-state index contributed by atoms with van der Waals surface area (Å²) in [5, 5.41) is 4.63. The molecule has 1 heterocycles. The van der Waals surface area contributed by atoms with Crippen LogP contribution in [0.4, 0.5) is 0 Å². The van der Waals surface area contributed by atoms with E-state index in [1.54, 1.807) is 0 Å². The Labute approximate surface area is 122 Å². The summed E-state index contributed by atoms with van der Waals surface area (Å²) in [6, 6.07) is 13.0. The SMILES string of the molecule is CCCCCCCC(NC)c1ccc2ccccc2n1. The molecule has 1 aromatic carbocycles. The first-order valence-corrected chi connectivity index (χ1v) is 7.88. The lowest BCUT2D eigenvalue weighted by Gasteiger charge is -2.16. The summed E-state index contributed by atoms with van der Waals surface area (Å²) in [6.45, 7) is 2.26. The van der Waals surface area contributed by atoms with E-state index < -0.39 is 0 Å². The van der Waals surface area contributed by atoms with Crippen LogP contribution in [0.3, 0.4) is 0 Å². The topological polar surface area (TPSA) is 24.9 Å². The van der Waals surface area contributed by atoms with Crippen molar-refractivity contribution in [3.8, 4) is 0 Å². The molecule has 2 aromatic rings. The number of pyridine rings is 1. The van der Waals surface area contributed by atoms with Crippen molar-refractivity contribution in [1.29, 1.82) is 0 Å². The molecule has 0 radical (unpaired) electrons. The lowest BCUT2D eigenvalue weighted by atomic mass is 10.0. The number of hydrogen-bond donors (Lipinski definition) is 1. The zero-order valence-corrected chi connectivity index (χ0v) is 12.7. The second-order valence-corrected chi connectivity index (χ2v) is 5.47. The highest BCUT2D eigenvalue weighted by molar-refractivity contribution is 5.78. The minimum absolute atomic E-state index is 0.376. The lowest BCUT2D eigenvalue weighted by molar-refractivity contribution is 0.493. The molecule has 1 aromatic heterocycles. The van der Waals surface area contributed by atoms with Crippen LogP contribution in [0.1, 0.15) is 57.2 Å². The Hall–Kier alpha value is -1.41. The van der Waals surface area contributed by atoms with Gasteiger partial charge in [-0.15, -0.1) is 0 Å². The van der Waals surface area contributed by atoms with E-state index in [4.69, 9.17) is 4.98 Å². The number of para-hydroxylation sites is 1. The summed E-state index contributed by atoms with van der Waals surface area (Å²) in [4.78, 5) is 4.80. The number of fused-ring (bicyclic) bond motifs is 1. The van der Waals surface area contributed by atoms with Gasteiger partial charge >= 0.3 is 0 Å². The van der Waals surface area contributed by atoms with Crippen molar-refractivity contribution in [1.82, 2.24) is 10.3 Å². The highest BCUT2D eigenvalue weighted by Gasteiger charge is 2.10. The number of rotatable bonds is 8.